The largest absolute Gasteiger partial charge is 0.467 e. The first-order valence-corrected chi connectivity index (χ1v) is 10.7. The topological polar surface area (TPSA) is 61.9 Å². The number of piperidine rings is 1. The molecule has 2 aliphatic rings. The van der Waals surface area contributed by atoms with Gasteiger partial charge in [0.2, 0.25) is 0 Å². The van der Waals surface area contributed by atoms with Crippen LogP contribution in [0.5, 0.6) is 0 Å². The number of hydrogen-bond acceptors (Lipinski definition) is 4. The molecule has 0 saturated carbocycles. The Morgan fingerprint density at radius 2 is 1.86 bits per heavy atom. The number of nitrogens with zero attached hydrogens (tertiary/aromatic N) is 2. The molecule has 0 aliphatic carbocycles. The second-order valence-electron chi connectivity index (χ2n) is 8.87. The number of likely N-dealkylation sites (tertiary alicyclic amines) is 2. The van der Waals surface area contributed by atoms with E-state index in [0.29, 0.717) is 25.6 Å². The van der Waals surface area contributed by atoms with E-state index in [4.69, 9.17) is 16.3 Å². The lowest BCUT2D eigenvalue weighted by atomic mass is 9.63. The monoisotopic (exact) mass is 421 g/mol. The fourth-order valence-electron chi connectivity index (χ4n) is 4.94. The Morgan fingerprint density at radius 1 is 1.24 bits per heavy atom. The Bertz CT molecular complexity index is 729. The van der Waals surface area contributed by atoms with E-state index >= 15 is 0 Å². The van der Waals surface area contributed by atoms with Crippen LogP contribution in [0.2, 0.25) is 5.02 Å². The van der Waals surface area contributed by atoms with Crippen molar-refractivity contribution in [3.05, 3.63) is 34.9 Å². The van der Waals surface area contributed by atoms with Gasteiger partial charge in [0, 0.05) is 36.1 Å². The lowest BCUT2D eigenvalue weighted by molar-refractivity contribution is -0.143. The van der Waals surface area contributed by atoms with E-state index < -0.39 is 6.04 Å². The highest BCUT2D eigenvalue weighted by Gasteiger charge is 2.52. The van der Waals surface area contributed by atoms with Gasteiger partial charge in [-0.3, -0.25) is 4.90 Å². The van der Waals surface area contributed by atoms with Crippen LogP contribution in [0.3, 0.4) is 0 Å². The van der Waals surface area contributed by atoms with Crippen molar-refractivity contribution in [2.45, 2.75) is 45.2 Å². The van der Waals surface area contributed by atoms with Crippen LogP contribution in [0.25, 0.3) is 0 Å². The van der Waals surface area contributed by atoms with Gasteiger partial charge >= 0.3 is 12.0 Å². The fourth-order valence-corrected chi connectivity index (χ4v) is 5.06. The molecule has 7 heteroatoms. The Morgan fingerprint density at radius 3 is 2.38 bits per heavy atom. The third-order valence-electron chi connectivity index (χ3n) is 6.31. The predicted molar refractivity (Wildman–Crippen MR) is 114 cm³/mol. The number of urea groups is 1. The predicted octanol–water partition coefficient (Wildman–Crippen LogP) is 3.71. The third-order valence-corrected chi connectivity index (χ3v) is 6.56. The van der Waals surface area contributed by atoms with E-state index in [1.807, 2.05) is 30.9 Å². The minimum absolute atomic E-state index is 0.174. The van der Waals surface area contributed by atoms with Gasteiger partial charge in [-0.1, -0.05) is 37.6 Å². The molecule has 2 atom stereocenters. The van der Waals surface area contributed by atoms with Crippen LogP contribution in [-0.4, -0.2) is 61.6 Å². The molecule has 2 amide bonds. The number of carbonyl (C=O) groups is 2. The van der Waals surface area contributed by atoms with Gasteiger partial charge in [0.25, 0.3) is 0 Å². The molecule has 3 rings (SSSR count). The molecule has 1 aromatic rings. The number of carbonyl (C=O) groups excluding carboxylic acids is 2. The minimum Gasteiger partial charge on any atom is -0.467 e. The van der Waals surface area contributed by atoms with Crippen LogP contribution in [-0.2, 0) is 9.53 Å². The maximum atomic E-state index is 12.8. The molecule has 29 heavy (non-hydrogen) atoms. The van der Waals surface area contributed by atoms with Crippen molar-refractivity contribution in [3.8, 4) is 0 Å². The van der Waals surface area contributed by atoms with Crippen LogP contribution in [0.15, 0.2) is 24.3 Å². The van der Waals surface area contributed by atoms with Gasteiger partial charge in [-0.15, -0.1) is 0 Å². The highest BCUT2D eigenvalue weighted by Crippen LogP contribution is 2.54. The molecular weight excluding hydrogens is 390 g/mol. The summed E-state index contributed by atoms with van der Waals surface area (Å²) >= 11 is 6.05. The first-order valence-electron chi connectivity index (χ1n) is 10.3. The molecule has 1 N–H and O–H groups in total. The SMILES string of the molecule is COC(=O)[C@H](CC(C)C)NC(=O)N1CCC2(CC1)CN(C)C2c1ccc(Cl)cc1. The zero-order chi connectivity index (χ0) is 21.2. The summed E-state index contributed by atoms with van der Waals surface area (Å²) in [4.78, 5) is 29.0. The number of methoxy groups -OCH3 is 1. The van der Waals surface area contributed by atoms with Gasteiger partial charge in [0.05, 0.1) is 7.11 Å². The second kappa shape index (κ2) is 8.92. The van der Waals surface area contributed by atoms with Crippen LogP contribution in [0.1, 0.15) is 44.7 Å². The van der Waals surface area contributed by atoms with Gasteiger partial charge in [0.15, 0.2) is 0 Å². The molecule has 160 valence electrons. The molecule has 2 saturated heterocycles. The fraction of sp³-hybridized carbons (Fsp3) is 0.636. The Kier molecular flexibility index (Phi) is 6.74. The number of hydrogen-bond donors (Lipinski definition) is 1. The normalized spacial score (nSPS) is 22.3. The van der Waals surface area contributed by atoms with Gasteiger partial charge in [0.1, 0.15) is 6.04 Å². The number of esters is 1. The van der Waals surface area contributed by atoms with Crippen molar-refractivity contribution >= 4 is 23.6 Å². The molecule has 2 aliphatic heterocycles. The van der Waals surface area contributed by atoms with Gasteiger partial charge in [-0.25, -0.2) is 9.59 Å². The van der Waals surface area contributed by atoms with Crippen molar-refractivity contribution in [1.82, 2.24) is 15.1 Å². The molecular formula is C22H32ClN3O3. The van der Waals surface area contributed by atoms with Crippen LogP contribution in [0, 0.1) is 11.3 Å². The van der Waals surface area contributed by atoms with E-state index in [2.05, 4.69) is 29.4 Å². The van der Waals surface area contributed by atoms with Crippen molar-refractivity contribution in [1.29, 1.82) is 0 Å². The summed E-state index contributed by atoms with van der Waals surface area (Å²) in [5.74, 6) is -0.0985. The lowest BCUT2D eigenvalue weighted by Crippen LogP contribution is -2.62. The van der Waals surface area contributed by atoms with Crippen molar-refractivity contribution in [2.24, 2.45) is 11.3 Å². The maximum absolute atomic E-state index is 12.8. The second-order valence-corrected chi connectivity index (χ2v) is 9.31. The summed E-state index contributed by atoms with van der Waals surface area (Å²) in [5, 5.41) is 3.63. The van der Waals surface area contributed by atoms with Crippen LogP contribution < -0.4 is 5.32 Å². The van der Waals surface area contributed by atoms with E-state index in [-0.39, 0.29) is 23.3 Å². The molecule has 2 fully saturated rings. The lowest BCUT2D eigenvalue weighted by Gasteiger charge is -2.59. The molecule has 0 radical (unpaired) electrons. The van der Waals surface area contributed by atoms with E-state index in [9.17, 15) is 9.59 Å². The highest BCUT2D eigenvalue weighted by molar-refractivity contribution is 6.30. The van der Waals surface area contributed by atoms with E-state index in [0.717, 1.165) is 24.4 Å². The Balaban J connectivity index is 1.61. The molecule has 0 bridgehead atoms. The summed E-state index contributed by atoms with van der Waals surface area (Å²) in [6, 6.07) is 7.69. The molecule has 6 nitrogen and oxygen atoms in total. The molecule has 2 heterocycles. The highest BCUT2D eigenvalue weighted by atomic mass is 35.5. The summed E-state index contributed by atoms with van der Waals surface area (Å²) in [6.07, 6.45) is 2.47. The van der Waals surface area contributed by atoms with Gasteiger partial charge < -0.3 is 15.0 Å². The van der Waals surface area contributed by atoms with E-state index in [1.165, 1.54) is 12.7 Å². The third kappa shape index (κ3) is 4.69. The summed E-state index contributed by atoms with van der Waals surface area (Å²) in [7, 11) is 3.51. The quantitative estimate of drug-likeness (QED) is 0.736. The van der Waals surface area contributed by atoms with Gasteiger partial charge in [-0.2, -0.15) is 0 Å². The van der Waals surface area contributed by atoms with Crippen LogP contribution >= 0.6 is 11.6 Å². The van der Waals surface area contributed by atoms with E-state index in [1.54, 1.807) is 0 Å². The molecule has 0 aromatic heterocycles. The number of nitrogens with one attached hydrogen (secondary N) is 1. The number of rotatable bonds is 5. The van der Waals surface area contributed by atoms with Crippen molar-refractivity contribution < 1.29 is 14.3 Å². The van der Waals surface area contributed by atoms with Crippen molar-refractivity contribution in [3.63, 3.8) is 0 Å². The minimum atomic E-state index is -0.597. The molecule has 1 aromatic carbocycles. The number of halogens is 1. The maximum Gasteiger partial charge on any atom is 0.328 e. The summed E-state index contributed by atoms with van der Waals surface area (Å²) < 4.78 is 4.86. The average Bonchev–Trinajstić information content (AvgIpc) is 2.68. The zero-order valence-corrected chi connectivity index (χ0v) is 18.5. The Hall–Kier alpha value is -1.79. The first kappa shape index (κ1) is 21.9. The number of amides is 2. The Labute approximate surface area is 178 Å². The number of benzene rings is 1. The summed E-state index contributed by atoms with van der Waals surface area (Å²) in [6.45, 7) is 6.47. The average molecular weight is 422 g/mol. The van der Waals surface area contributed by atoms with Crippen molar-refractivity contribution in [2.75, 3.05) is 33.8 Å². The first-order chi connectivity index (χ1) is 13.8. The standard InChI is InChI=1S/C22H32ClN3O3/c1-15(2)13-18(20(27)29-4)24-21(28)26-11-9-22(10-12-26)14-25(3)19(22)16-5-7-17(23)8-6-16/h5-8,15,18-19H,9-14H2,1-4H3,(H,24,28)/t18-,19?/m0/s1. The zero-order valence-electron chi connectivity index (χ0n) is 17.8. The molecule has 1 spiro atoms. The number of ether oxygens (including phenoxy) is 1. The smallest absolute Gasteiger partial charge is 0.328 e. The van der Waals surface area contributed by atoms with Gasteiger partial charge in [-0.05, 0) is 49.9 Å². The van der Waals surface area contributed by atoms with Crippen LogP contribution in [0.4, 0.5) is 4.79 Å². The summed E-state index contributed by atoms with van der Waals surface area (Å²) in [5.41, 5.74) is 1.47. The molecule has 1 unspecified atom stereocenters.